The minimum atomic E-state index is -0.665. The number of nitrogens with zero attached hydrogens (tertiary/aromatic N) is 8. The fraction of sp³-hybridized carbons (Fsp3) is 0.278. The third kappa shape index (κ3) is 6.26. The number of rotatable bonds is 12. The Morgan fingerprint density at radius 2 is 1.39 bits per heavy atom. The normalized spacial score (nSPS) is 13.8. The molecule has 5 heterocycles. The smallest absolute Gasteiger partial charge is 0.276 e. The van der Waals surface area contributed by atoms with E-state index in [1.165, 1.54) is 19.2 Å². The Hall–Kier alpha value is -6.98. The highest BCUT2D eigenvalue weighted by Crippen LogP contribution is 2.38. The summed E-state index contributed by atoms with van der Waals surface area (Å²) in [7, 11) is 1.46. The van der Waals surface area contributed by atoms with Crippen molar-refractivity contribution < 1.29 is 28.7 Å². The minimum Gasteiger partial charge on any atom is -0.494 e. The predicted octanol–water partition coefficient (Wildman–Crippen LogP) is 3.34. The molecule has 4 aromatic heterocycles. The molecule has 0 fully saturated rings. The molecule has 0 bridgehead atoms. The van der Waals surface area contributed by atoms with Crippen LogP contribution in [0.5, 0.6) is 11.5 Å². The van der Waals surface area contributed by atoms with Crippen molar-refractivity contribution in [1.82, 2.24) is 38.7 Å². The van der Waals surface area contributed by atoms with Crippen LogP contribution in [0.3, 0.4) is 0 Å². The number of imidazole rings is 2. The molecule has 54 heavy (non-hydrogen) atoms. The molecule has 6 N–H and O–H groups in total. The zero-order valence-electron chi connectivity index (χ0n) is 30.2. The van der Waals surface area contributed by atoms with Crippen molar-refractivity contribution in [3.8, 4) is 11.5 Å². The summed E-state index contributed by atoms with van der Waals surface area (Å²) in [5.41, 5.74) is 15.5. The minimum absolute atomic E-state index is 0.117. The van der Waals surface area contributed by atoms with Gasteiger partial charge in [0.05, 0.1) is 35.6 Å². The second-order valence-electron chi connectivity index (χ2n) is 12.7. The van der Waals surface area contributed by atoms with Crippen molar-refractivity contribution in [2.45, 2.75) is 53.4 Å². The van der Waals surface area contributed by atoms with Crippen molar-refractivity contribution >= 4 is 57.6 Å². The van der Waals surface area contributed by atoms with Gasteiger partial charge < -0.3 is 25.5 Å². The number of anilines is 2. The van der Waals surface area contributed by atoms with E-state index in [4.69, 9.17) is 25.9 Å². The van der Waals surface area contributed by atoms with E-state index in [0.717, 1.165) is 0 Å². The summed E-state index contributed by atoms with van der Waals surface area (Å²) in [5.74, 6) is -1.04. The molecular weight excluding hydrogens is 696 g/mol. The summed E-state index contributed by atoms with van der Waals surface area (Å²) >= 11 is 0. The molecule has 0 spiro atoms. The van der Waals surface area contributed by atoms with Crippen LogP contribution in [0.2, 0.25) is 0 Å². The average Bonchev–Trinajstić information content (AvgIpc) is 3.91. The van der Waals surface area contributed by atoms with Crippen LogP contribution in [0.1, 0.15) is 73.0 Å². The van der Waals surface area contributed by atoms with Gasteiger partial charge in [0.25, 0.3) is 11.8 Å². The number of primary amides is 2. The number of nitrogens with two attached hydrogens (primary N) is 2. The fourth-order valence-corrected chi connectivity index (χ4v) is 6.64. The standard InChI is InChI=1S/C36H38N12O6/c1-6-46-25(11-18(3)43-46)33(51)41-35-39-23-13-20(31(37)49)15-27(53-5)29(23)45(35)10-8-9-22-17-54-28-16-21(32(38)50)14-24-30(28)48(22)36(40-24)42-34(52)26-12-19(4)44-47(26)7-2/h8-9,11-16,22H,6-7,10,17H2,1-5H3,(H2,37,49)(H2,38,50)(H,39,41,51)(H,40,42,52)/b9-8+/t22-/m0/s1. The molecule has 18 nitrogen and oxygen atoms in total. The van der Waals surface area contributed by atoms with E-state index in [2.05, 4.69) is 25.8 Å². The Morgan fingerprint density at radius 1 is 0.833 bits per heavy atom. The van der Waals surface area contributed by atoms with E-state index in [-0.39, 0.29) is 36.2 Å². The maximum absolute atomic E-state index is 13.6. The van der Waals surface area contributed by atoms with Gasteiger partial charge in [-0.25, -0.2) is 9.97 Å². The number of methoxy groups -OCH3 is 1. The maximum atomic E-state index is 13.6. The molecule has 1 aliphatic rings. The second kappa shape index (κ2) is 13.9. The van der Waals surface area contributed by atoms with Crippen LogP contribution in [-0.2, 0) is 19.6 Å². The molecule has 18 heteroatoms. The van der Waals surface area contributed by atoms with Gasteiger partial charge in [-0.1, -0.05) is 12.2 Å². The number of nitrogens with one attached hydrogen (secondary N) is 2. The van der Waals surface area contributed by atoms with Crippen molar-refractivity contribution in [2.75, 3.05) is 24.4 Å². The van der Waals surface area contributed by atoms with Gasteiger partial charge >= 0.3 is 0 Å². The fourth-order valence-electron chi connectivity index (χ4n) is 6.64. The number of hydrogen-bond acceptors (Lipinski definition) is 10. The van der Waals surface area contributed by atoms with Crippen LogP contribution in [0.25, 0.3) is 22.1 Å². The Labute approximate surface area is 307 Å². The molecule has 0 radical (unpaired) electrons. The van der Waals surface area contributed by atoms with Gasteiger partial charge in [-0.15, -0.1) is 0 Å². The van der Waals surface area contributed by atoms with E-state index in [9.17, 15) is 19.2 Å². The highest BCUT2D eigenvalue weighted by molar-refractivity contribution is 6.05. The van der Waals surface area contributed by atoms with Gasteiger partial charge in [0.2, 0.25) is 23.7 Å². The molecule has 0 unspecified atom stereocenters. The van der Waals surface area contributed by atoms with Crippen LogP contribution < -0.4 is 31.6 Å². The van der Waals surface area contributed by atoms with E-state index in [1.54, 1.807) is 52.0 Å². The SMILES string of the molecule is CCn1nc(C)cc1C(=O)Nc1nc2cc(C(N)=O)cc(OC)c2n1C/C=C/[C@H]1COc2cc(C(N)=O)cc3nc(NC(=O)c4cc(C)nn4CC)n1c23. The number of carbonyl (C=O) groups excluding carboxylic acids is 4. The Kier molecular flexibility index (Phi) is 9.10. The topological polar surface area (TPSA) is 234 Å². The molecule has 4 amide bonds. The van der Waals surface area contributed by atoms with Crippen LogP contribution in [-0.4, -0.2) is 76.0 Å². The van der Waals surface area contributed by atoms with Crippen LogP contribution in [0, 0.1) is 13.8 Å². The van der Waals surface area contributed by atoms with E-state index in [0.29, 0.717) is 69.4 Å². The first-order valence-corrected chi connectivity index (χ1v) is 17.2. The summed E-state index contributed by atoms with van der Waals surface area (Å²) in [6, 6.07) is 9.04. The molecule has 0 saturated heterocycles. The molecule has 6 aromatic rings. The number of aromatic nitrogens is 8. The van der Waals surface area contributed by atoms with E-state index in [1.807, 2.05) is 30.6 Å². The Balaban J connectivity index is 1.28. The van der Waals surface area contributed by atoms with Gasteiger partial charge in [0.1, 0.15) is 40.5 Å². The average molecular weight is 735 g/mol. The predicted molar refractivity (Wildman–Crippen MR) is 198 cm³/mol. The van der Waals surface area contributed by atoms with Crippen LogP contribution >= 0.6 is 0 Å². The lowest BCUT2D eigenvalue weighted by Gasteiger charge is -2.25. The van der Waals surface area contributed by atoms with Crippen LogP contribution in [0.4, 0.5) is 11.9 Å². The lowest BCUT2D eigenvalue weighted by molar-refractivity contribution is 0.0991. The number of fused-ring (bicyclic) bond motifs is 1. The maximum Gasteiger partial charge on any atom is 0.276 e. The van der Waals surface area contributed by atoms with E-state index >= 15 is 0 Å². The summed E-state index contributed by atoms with van der Waals surface area (Å²) in [6.45, 7) is 8.63. The number of carbonyl (C=O) groups is 4. The third-order valence-corrected chi connectivity index (χ3v) is 9.05. The van der Waals surface area contributed by atoms with Gasteiger partial charge in [-0.2, -0.15) is 10.2 Å². The number of hydrogen-bond donors (Lipinski definition) is 4. The van der Waals surface area contributed by atoms with E-state index < -0.39 is 29.7 Å². The molecule has 7 rings (SSSR count). The molecule has 1 aliphatic heterocycles. The first-order valence-electron chi connectivity index (χ1n) is 17.2. The molecule has 0 saturated carbocycles. The summed E-state index contributed by atoms with van der Waals surface area (Å²) in [6.07, 6.45) is 3.72. The van der Waals surface area contributed by atoms with Crippen molar-refractivity contribution in [3.05, 3.63) is 82.5 Å². The number of amides is 4. The Bertz CT molecular complexity index is 2540. The Morgan fingerprint density at radius 3 is 1.96 bits per heavy atom. The summed E-state index contributed by atoms with van der Waals surface area (Å²) in [4.78, 5) is 60.8. The number of aryl methyl sites for hydroxylation is 4. The van der Waals surface area contributed by atoms with Crippen molar-refractivity contribution in [2.24, 2.45) is 11.5 Å². The third-order valence-electron chi connectivity index (χ3n) is 9.05. The largest absolute Gasteiger partial charge is 0.494 e. The lowest BCUT2D eigenvalue weighted by atomic mass is 10.1. The zero-order chi connectivity index (χ0) is 38.4. The highest BCUT2D eigenvalue weighted by atomic mass is 16.5. The number of benzene rings is 2. The molecule has 0 aliphatic carbocycles. The summed E-state index contributed by atoms with van der Waals surface area (Å²) < 4.78 is 18.6. The number of allylic oxidation sites excluding steroid dienone is 1. The van der Waals surface area contributed by atoms with Crippen LogP contribution in [0.15, 0.2) is 48.6 Å². The summed E-state index contributed by atoms with van der Waals surface area (Å²) in [5, 5.41) is 14.6. The lowest BCUT2D eigenvalue weighted by Crippen LogP contribution is -2.25. The zero-order valence-corrected chi connectivity index (χ0v) is 30.2. The van der Waals surface area contributed by atoms with Crippen molar-refractivity contribution in [1.29, 1.82) is 0 Å². The monoisotopic (exact) mass is 734 g/mol. The first-order chi connectivity index (χ1) is 25.9. The van der Waals surface area contributed by atoms with Gasteiger partial charge in [0.15, 0.2) is 0 Å². The second-order valence-corrected chi connectivity index (χ2v) is 12.7. The van der Waals surface area contributed by atoms with Crippen molar-refractivity contribution in [3.63, 3.8) is 0 Å². The molecule has 278 valence electrons. The molecular formula is C36H38N12O6. The van der Waals surface area contributed by atoms with Gasteiger partial charge in [-0.3, -0.25) is 43.7 Å². The highest BCUT2D eigenvalue weighted by Gasteiger charge is 2.29. The molecule has 1 atom stereocenters. The first kappa shape index (κ1) is 35.4. The quantitative estimate of drug-likeness (QED) is 0.134. The van der Waals surface area contributed by atoms with Gasteiger partial charge in [-0.05, 0) is 64.1 Å². The number of ether oxygens (including phenoxy) is 2. The van der Waals surface area contributed by atoms with Gasteiger partial charge in [0, 0.05) is 30.8 Å². The molecule has 2 aromatic carbocycles.